The van der Waals surface area contributed by atoms with Gasteiger partial charge in [-0.15, -0.1) is 0 Å². The molecule has 0 saturated carbocycles. The maximum Gasteiger partial charge on any atom is 0.164 e. The molecule has 0 saturated heterocycles. The number of nitrogens with zero attached hydrogens (tertiary/aromatic N) is 1. The van der Waals surface area contributed by atoms with Crippen LogP contribution in [0.4, 0.5) is 11.4 Å². The van der Waals surface area contributed by atoms with Gasteiger partial charge >= 0.3 is 0 Å². The number of benzene rings is 1. The molecule has 0 amide bonds. The number of nitrogens with two attached hydrogens (primary N) is 1. The van der Waals surface area contributed by atoms with E-state index in [1.54, 1.807) is 18.3 Å². The van der Waals surface area contributed by atoms with E-state index in [1.165, 1.54) is 0 Å². The van der Waals surface area contributed by atoms with Crippen molar-refractivity contribution in [1.29, 1.82) is 0 Å². The van der Waals surface area contributed by atoms with Crippen LogP contribution in [-0.4, -0.2) is 17.3 Å². The van der Waals surface area contributed by atoms with Gasteiger partial charge in [0.1, 0.15) is 0 Å². The lowest BCUT2D eigenvalue weighted by atomic mass is 10.1. The van der Waals surface area contributed by atoms with Crippen LogP contribution in [0.5, 0.6) is 0 Å². The molecule has 0 fully saturated rings. The number of aromatic nitrogens is 1. The Hall–Kier alpha value is -2.36. The quantitative estimate of drug-likeness (QED) is 0.625. The molecule has 4 heteroatoms. The molecule has 0 aliphatic carbocycles. The van der Waals surface area contributed by atoms with Crippen LogP contribution in [-0.2, 0) is 6.42 Å². The lowest BCUT2D eigenvalue weighted by Gasteiger charge is -2.11. The molecule has 1 heterocycles. The summed E-state index contributed by atoms with van der Waals surface area (Å²) in [6.45, 7) is 2.58. The predicted molar refractivity (Wildman–Crippen MR) is 81.9 cm³/mol. The minimum Gasteiger partial charge on any atom is -0.399 e. The van der Waals surface area contributed by atoms with Crippen molar-refractivity contribution >= 4 is 17.2 Å². The number of nitrogen functional groups attached to an aromatic ring is 1. The zero-order valence-electron chi connectivity index (χ0n) is 11.6. The zero-order chi connectivity index (χ0) is 14.4. The molecule has 3 N–H and O–H groups in total. The summed E-state index contributed by atoms with van der Waals surface area (Å²) in [6, 6.07) is 11.2. The standard InChI is InChI=1S/C16H19N3O/c1-2-16(20)14-11-12(17)6-7-15(14)19-10-8-13-5-3-4-9-18-13/h3-7,9,11,19H,2,8,10,17H2,1H3. The highest BCUT2D eigenvalue weighted by Crippen LogP contribution is 2.20. The molecule has 0 atom stereocenters. The van der Waals surface area contributed by atoms with Crippen molar-refractivity contribution in [3.63, 3.8) is 0 Å². The van der Waals surface area contributed by atoms with Crippen LogP contribution in [0, 0.1) is 0 Å². The van der Waals surface area contributed by atoms with Crippen molar-refractivity contribution in [2.45, 2.75) is 19.8 Å². The van der Waals surface area contributed by atoms with Crippen LogP contribution in [0.1, 0.15) is 29.4 Å². The van der Waals surface area contributed by atoms with Gasteiger partial charge in [-0.3, -0.25) is 9.78 Å². The normalized spacial score (nSPS) is 10.2. The van der Waals surface area contributed by atoms with Crippen molar-refractivity contribution < 1.29 is 4.79 Å². The summed E-state index contributed by atoms with van der Waals surface area (Å²) in [4.78, 5) is 16.2. The van der Waals surface area contributed by atoms with Gasteiger partial charge < -0.3 is 11.1 Å². The molecule has 1 aromatic carbocycles. The van der Waals surface area contributed by atoms with E-state index in [0.29, 0.717) is 17.7 Å². The van der Waals surface area contributed by atoms with E-state index in [2.05, 4.69) is 10.3 Å². The van der Waals surface area contributed by atoms with Crippen molar-refractivity contribution in [2.24, 2.45) is 0 Å². The minimum absolute atomic E-state index is 0.0950. The number of hydrogen-bond donors (Lipinski definition) is 2. The van der Waals surface area contributed by atoms with E-state index in [9.17, 15) is 4.79 Å². The number of rotatable bonds is 6. The molecule has 4 nitrogen and oxygen atoms in total. The molecular weight excluding hydrogens is 250 g/mol. The highest BCUT2D eigenvalue weighted by molar-refractivity contribution is 6.01. The van der Waals surface area contributed by atoms with Crippen molar-refractivity contribution in [3.05, 3.63) is 53.9 Å². The van der Waals surface area contributed by atoms with Gasteiger partial charge in [-0.05, 0) is 30.3 Å². The van der Waals surface area contributed by atoms with Gasteiger partial charge in [0.15, 0.2) is 5.78 Å². The molecule has 2 aromatic rings. The summed E-state index contributed by atoms with van der Waals surface area (Å²) < 4.78 is 0. The summed E-state index contributed by atoms with van der Waals surface area (Å²) in [7, 11) is 0. The van der Waals surface area contributed by atoms with Crippen LogP contribution >= 0.6 is 0 Å². The van der Waals surface area contributed by atoms with Gasteiger partial charge in [0.25, 0.3) is 0 Å². The Morgan fingerprint density at radius 1 is 1.30 bits per heavy atom. The van der Waals surface area contributed by atoms with Crippen LogP contribution < -0.4 is 11.1 Å². The lowest BCUT2D eigenvalue weighted by molar-refractivity contribution is 0.0989. The van der Waals surface area contributed by atoms with Gasteiger partial charge in [-0.25, -0.2) is 0 Å². The summed E-state index contributed by atoms with van der Waals surface area (Å²) >= 11 is 0. The number of carbonyl (C=O) groups excluding carboxylic acids is 1. The molecular formula is C16H19N3O. The largest absolute Gasteiger partial charge is 0.399 e. The number of ketones is 1. The van der Waals surface area contributed by atoms with E-state index in [4.69, 9.17) is 5.73 Å². The average Bonchev–Trinajstić information content (AvgIpc) is 2.49. The molecule has 0 bridgehead atoms. The van der Waals surface area contributed by atoms with E-state index >= 15 is 0 Å². The van der Waals surface area contributed by atoms with Crippen molar-refractivity contribution in [3.8, 4) is 0 Å². The summed E-state index contributed by atoms with van der Waals surface area (Å²) in [5.41, 5.74) is 8.88. The highest BCUT2D eigenvalue weighted by Gasteiger charge is 2.09. The molecule has 0 radical (unpaired) electrons. The second-order valence-electron chi connectivity index (χ2n) is 4.58. The number of hydrogen-bond acceptors (Lipinski definition) is 4. The van der Waals surface area contributed by atoms with Crippen LogP contribution in [0.2, 0.25) is 0 Å². The third-order valence-electron chi connectivity index (χ3n) is 3.09. The maximum absolute atomic E-state index is 11.9. The number of pyridine rings is 1. The third-order valence-corrected chi connectivity index (χ3v) is 3.09. The topological polar surface area (TPSA) is 68.0 Å². The minimum atomic E-state index is 0.0950. The number of carbonyl (C=O) groups is 1. The third kappa shape index (κ3) is 3.57. The Labute approximate surface area is 119 Å². The second kappa shape index (κ2) is 6.70. The van der Waals surface area contributed by atoms with E-state index in [1.807, 2.05) is 31.2 Å². The molecule has 0 aliphatic rings. The molecule has 1 aromatic heterocycles. The van der Waals surface area contributed by atoms with E-state index < -0.39 is 0 Å². The number of nitrogens with one attached hydrogen (secondary N) is 1. The Morgan fingerprint density at radius 2 is 2.15 bits per heavy atom. The SMILES string of the molecule is CCC(=O)c1cc(N)ccc1NCCc1ccccn1. The molecule has 20 heavy (non-hydrogen) atoms. The molecule has 104 valence electrons. The highest BCUT2D eigenvalue weighted by atomic mass is 16.1. The summed E-state index contributed by atoms with van der Waals surface area (Å²) in [5.74, 6) is 0.0950. The Balaban J connectivity index is 2.04. The summed E-state index contributed by atoms with van der Waals surface area (Å²) in [5, 5.41) is 3.29. The fourth-order valence-corrected chi connectivity index (χ4v) is 2.01. The van der Waals surface area contributed by atoms with Gasteiger partial charge in [-0.1, -0.05) is 13.0 Å². The molecule has 2 rings (SSSR count). The Kier molecular flexibility index (Phi) is 4.71. The average molecular weight is 269 g/mol. The first-order chi connectivity index (χ1) is 9.70. The fourth-order valence-electron chi connectivity index (χ4n) is 2.01. The summed E-state index contributed by atoms with van der Waals surface area (Å²) in [6.07, 6.45) is 3.06. The van der Waals surface area contributed by atoms with Crippen molar-refractivity contribution in [2.75, 3.05) is 17.6 Å². The van der Waals surface area contributed by atoms with Gasteiger partial charge in [0.05, 0.1) is 0 Å². The first-order valence-electron chi connectivity index (χ1n) is 6.77. The fraction of sp³-hybridized carbons (Fsp3) is 0.250. The maximum atomic E-state index is 11.9. The Morgan fingerprint density at radius 3 is 2.85 bits per heavy atom. The first-order valence-corrected chi connectivity index (χ1v) is 6.77. The van der Waals surface area contributed by atoms with Crippen LogP contribution in [0.3, 0.4) is 0 Å². The van der Waals surface area contributed by atoms with Crippen molar-refractivity contribution in [1.82, 2.24) is 4.98 Å². The molecule has 0 spiro atoms. The smallest absolute Gasteiger partial charge is 0.164 e. The first kappa shape index (κ1) is 14.1. The lowest BCUT2D eigenvalue weighted by Crippen LogP contribution is -2.10. The van der Waals surface area contributed by atoms with Crippen LogP contribution in [0.25, 0.3) is 0 Å². The van der Waals surface area contributed by atoms with Gasteiger partial charge in [0.2, 0.25) is 0 Å². The monoisotopic (exact) mass is 269 g/mol. The van der Waals surface area contributed by atoms with E-state index in [-0.39, 0.29) is 5.78 Å². The number of Topliss-reactive ketones (excluding diaryl/α,β-unsaturated/α-hetero) is 1. The number of anilines is 2. The van der Waals surface area contributed by atoms with E-state index in [0.717, 1.165) is 24.3 Å². The van der Waals surface area contributed by atoms with Gasteiger partial charge in [-0.2, -0.15) is 0 Å². The van der Waals surface area contributed by atoms with Crippen LogP contribution in [0.15, 0.2) is 42.6 Å². The second-order valence-corrected chi connectivity index (χ2v) is 4.58. The molecule has 0 aliphatic heterocycles. The predicted octanol–water partition coefficient (Wildman–Crippen LogP) is 2.91. The molecule has 0 unspecified atom stereocenters. The Bertz CT molecular complexity index is 582. The zero-order valence-corrected chi connectivity index (χ0v) is 11.6. The van der Waals surface area contributed by atoms with Gasteiger partial charge in [0, 0.05) is 48.2 Å².